The molecule has 2 atom stereocenters. The number of rotatable bonds is 6. The standard InChI is InChI=1S/C26H26Cl2N4O2/c1-26(33,20-9-10-30-25(14-20)34-2)17-31-11-12-32(23-8-3-18(15-29)13-22(23)28)24(16-31)19-4-6-21(27)7-5-19/h3-10,13-14,24,33H,11-12,16-17H2,1-2H3/t24?,26-/m1/s1. The van der Waals surface area contributed by atoms with E-state index in [1.807, 2.05) is 43.3 Å². The zero-order valence-electron chi connectivity index (χ0n) is 19.1. The van der Waals surface area contributed by atoms with Crippen LogP contribution < -0.4 is 9.64 Å². The minimum Gasteiger partial charge on any atom is -0.481 e. The lowest BCUT2D eigenvalue weighted by molar-refractivity contribution is 0.0100. The Labute approximate surface area is 209 Å². The van der Waals surface area contributed by atoms with E-state index in [2.05, 4.69) is 20.9 Å². The fourth-order valence-corrected chi connectivity index (χ4v) is 4.85. The first-order chi connectivity index (χ1) is 16.3. The molecule has 0 spiro atoms. The Balaban J connectivity index is 1.62. The first kappa shape index (κ1) is 24.3. The van der Waals surface area contributed by atoms with Crippen molar-refractivity contribution >= 4 is 28.9 Å². The second-order valence-corrected chi connectivity index (χ2v) is 9.48. The number of pyridine rings is 1. The molecular weight excluding hydrogens is 471 g/mol. The number of hydrogen-bond donors (Lipinski definition) is 1. The van der Waals surface area contributed by atoms with Crippen LogP contribution in [0.4, 0.5) is 5.69 Å². The summed E-state index contributed by atoms with van der Waals surface area (Å²) >= 11 is 12.7. The monoisotopic (exact) mass is 496 g/mol. The van der Waals surface area contributed by atoms with Crippen LogP contribution in [-0.4, -0.2) is 48.3 Å². The molecule has 4 rings (SSSR count). The number of nitriles is 1. The number of methoxy groups -OCH3 is 1. The number of anilines is 1. The smallest absolute Gasteiger partial charge is 0.213 e. The van der Waals surface area contributed by atoms with Crippen molar-refractivity contribution in [2.24, 2.45) is 0 Å². The Bertz CT molecular complexity index is 1190. The second-order valence-electron chi connectivity index (χ2n) is 8.63. The van der Waals surface area contributed by atoms with E-state index in [4.69, 9.17) is 27.9 Å². The van der Waals surface area contributed by atoms with Crippen LogP contribution in [0.15, 0.2) is 60.8 Å². The Kier molecular flexibility index (Phi) is 7.30. The molecule has 1 saturated heterocycles. The molecule has 0 bridgehead atoms. The van der Waals surface area contributed by atoms with Crippen LogP contribution >= 0.6 is 23.2 Å². The van der Waals surface area contributed by atoms with E-state index in [-0.39, 0.29) is 6.04 Å². The Morgan fingerprint density at radius 2 is 1.91 bits per heavy atom. The number of ether oxygens (including phenoxy) is 1. The van der Waals surface area contributed by atoms with Crippen LogP contribution in [0.3, 0.4) is 0 Å². The molecule has 1 aliphatic rings. The molecule has 1 aliphatic heterocycles. The first-order valence-corrected chi connectivity index (χ1v) is 11.7. The number of aliphatic hydroxyl groups is 1. The minimum atomic E-state index is -1.09. The molecule has 1 aromatic heterocycles. The maximum atomic E-state index is 11.3. The van der Waals surface area contributed by atoms with Crippen LogP contribution in [0.2, 0.25) is 10.0 Å². The van der Waals surface area contributed by atoms with Gasteiger partial charge in [0, 0.05) is 43.5 Å². The lowest BCUT2D eigenvalue weighted by Gasteiger charge is -2.45. The van der Waals surface area contributed by atoms with Crippen LogP contribution in [-0.2, 0) is 5.60 Å². The van der Waals surface area contributed by atoms with Crippen molar-refractivity contribution in [1.29, 1.82) is 5.26 Å². The fourth-order valence-electron chi connectivity index (χ4n) is 4.43. The van der Waals surface area contributed by atoms with Crippen LogP contribution in [0.5, 0.6) is 5.88 Å². The van der Waals surface area contributed by atoms with Crippen molar-refractivity contribution in [2.75, 3.05) is 38.2 Å². The Hall–Kier alpha value is -2.82. The molecule has 3 aromatic rings. The van der Waals surface area contributed by atoms with Gasteiger partial charge in [-0.2, -0.15) is 5.26 Å². The Morgan fingerprint density at radius 1 is 1.15 bits per heavy atom. The second kappa shape index (κ2) is 10.2. The minimum absolute atomic E-state index is 0.0146. The van der Waals surface area contributed by atoms with Crippen LogP contribution in [0.25, 0.3) is 0 Å². The molecule has 2 heterocycles. The van der Waals surface area contributed by atoms with E-state index in [9.17, 15) is 10.4 Å². The highest BCUT2D eigenvalue weighted by Crippen LogP contribution is 2.37. The predicted molar refractivity (Wildman–Crippen MR) is 135 cm³/mol. The van der Waals surface area contributed by atoms with Gasteiger partial charge in [-0.3, -0.25) is 4.90 Å². The van der Waals surface area contributed by atoms with Gasteiger partial charge in [-0.25, -0.2) is 4.98 Å². The largest absolute Gasteiger partial charge is 0.481 e. The molecule has 176 valence electrons. The summed E-state index contributed by atoms with van der Waals surface area (Å²) in [5.41, 5.74) is 2.17. The average Bonchev–Trinajstić information content (AvgIpc) is 2.84. The quantitative estimate of drug-likeness (QED) is 0.515. The van der Waals surface area contributed by atoms with Gasteiger partial charge in [-0.05, 0) is 54.4 Å². The number of β-amino-alcohol motifs (C(OH)–C–C–N with tert-alkyl or cyclic N) is 1. The molecule has 34 heavy (non-hydrogen) atoms. The SMILES string of the molecule is COc1cc([C@](C)(O)CN2CCN(c3ccc(C#N)cc3Cl)C(c3ccc(Cl)cc3)C2)ccn1. The number of hydrogen-bond acceptors (Lipinski definition) is 6. The van der Waals surface area contributed by atoms with Gasteiger partial charge in [0.1, 0.15) is 0 Å². The fraction of sp³-hybridized carbons (Fsp3) is 0.308. The van der Waals surface area contributed by atoms with Gasteiger partial charge in [0.25, 0.3) is 0 Å². The van der Waals surface area contributed by atoms with Gasteiger partial charge in [0.15, 0.2) is 0 Å². The molecular formula is C26H26Cl2N4O2. The van der Waals surface area contributed by atoms with Gasteiger partial charge in [0.05, 0.1) is 41.1 Å². The van der Waals surface area contributed by atoms with Gasteiger partial charge in [0.2, 0.25) is 5.88 Å². The van der Waals surface area contributed by atoms with Gasteiger partial charge >= 0.3 is 0 Å². The summed E-state index contributed by atoms with van der Waals surface area (Å²) < 4.78 is 5.23. The first-order valence-electron chi connectivity index (χ1n) is 11.0. The highest BCUT2D eigenvalue weighted by atomic mass is 35.5. The third kappa shape index (κ3) is 5.29. The summed E-state index contributed by atoms with van der Waals surface area (Å²) in [7, 11) is 1.56. The van der Waals surface area contributed by atoms with Crippen molar-refractivity contribution in [3.05, 3.63) is 87.5 Å². The molecule has 0 radical (unpaired) electrons. The number of nitrogens with zero attached hydrogens (tertiary/aromatic N) is 4. The van der Waals surface area contributed by atoms with Crippen molar-refractivity contribution in [3.8, 4) is 11.9 Å². The lowest BCUT2D eigenvalue weighted by Crippen LogP contribution is -2.52. The van der Waals surface area contributed by atoms with Crippen molar-refractivity contribution < 1.29 is 9.84 Å². The van der Waals surface area contributed by atoms with Crippen LogP contribution in [0.1, 0.15) is 29.7 Å². The zero-order chi connectivity index (χ0) is 24.3. The normalized spacial score (nSPS) is 18.2. The molecule has 0 aliphatic carbocycles. The van der Waals surface area contributed by atoms with E-state index in [1.165, 1.54) is 0 Å². The average molecular weight is 497 g/mol. The van der Waals surface area contributed by atoms with Crippen LogP contribution in [0, 0.1) is 11.3 Å². The Morgan fingerprint density at radius 3 is 2.59 bits per heavy atom. The maximum Gasteiger partial charge on any atom is 0.213 e. The summed E-state index contributed by atoms with van der Waals surface area (Å²) in [5.74, 6) is 0.470. The summed E-state index contributed by atoms with van der Waals surface area (Å²) in [4.78, 5) is 8.65. The van der Waals surface area contributed by atoms with Crippen molar-refractivity contribution in [2.45, 2.75) is 18.6 Å². The van der Waals surface area contributed by atoms with E-state index in [0.717, 1.165) is 23.4 Å². The van der Waals surface area contributed by atoms with Gasteiger partial charge in [-0.1, -0.05) is 35.3 Å². The topological polar surface area (TPSA) is 72.6 Å². The molecule has 2 aromatic carbocycles. The highest BCUT2D eigenvalue weighted by Gasteiger charge is 2.34. The third-order valence-electron chi connectivity index (χ3n) is 6.20. The molecule has 0 amide bonds. The maximum absolute atomic E-state index is 11.3. The van der Waals surface area contributed by atoms with E-state index in [1.54, 1.807) is 31.5 Å². The number of aromatic nitrogens is 1. The van der Waals surface area contributed by atoms with E-state index >= 15 is 0 Å². The van der Waals surface area contributed by atoms with E-state index in [0.29, 0.717) is 41.1 Å². The number of halogens is 2. The number of piperazine rings is 1. The molecule has 1 N–H and O–H groups in total. The third-order valence-corrected chi connectivity index (χ3v) is 6.76. The summed E-state index contributed by atoms with van der Waals surface area (Å²) in [6.45, 7) is 4.37. The van der Waals surface area contributed by atoms with Gasteiger partial charge in [-0.15, -0.1) is 0 Å². The van der Waals surface area contributed by atoms with E-state index < -0.39 is 5.60 Å². The zero-order valence-corrected chi connectivity index (χ0v) is 20.6. The summed E-state index contributed by atoms with van der Waals surface area (Å²) in [6, 6.07) is 18.9. The summed E-state index contributed by atoms with van der Waals surface area (Å²) in [6.07, 6.45) is 1.64. The van der Waals surface area contributed by atoms with Gasteiger partial charge < -0.3 is 14.7 Å². The molecule has 0 saturated carbocycles. The summed E-state index contributed by atoms with van der Waals surface area (Å²) in [5, 5.41) is 21.8. The van der Waals surface area contributed by atoms with Crippen molar-refractivity contribution in [3.63, 3.8) is 0 Å². The molecule has 1 unspecified atom stereocenters. The number of benzene rings is 2. The highest BCUT2D eigenvalue weighted by molar-refractivity contribution is 6.33. The lowest BCUT2D eigenvalue weighted by atomic mass is 9.94. The molecule has 6 nitrogen and oxygen atoms in total. The van der Waals surface area contributed by atoms with Crippen molar-refractivity contribution in [1.82, 2.24) is 9.88 Å². The predicted octanol–water partition coefficient (Wildman–Crippen LogP) is 5.04. The molecule has 1 fully saturated rings. The molecule has 8 heteroatoms.